The molecule has 0 aliphatic carbocycles. The first-order valence-electron chi connectivity index (χ1n) is 4.72. The Morgan fingerprint density at radius 1 is 1.50 bits per heavy atom. The first-order chi connectivity index (χ1) is 7.29. The molecular formula is C11H12F2INO. The number of halogens is 3. The van der Waals surface area contributed by atoms with Gasteiger partial charge in [0.1, 0.15) is 0 Å². The van der Waals surface area contributed by atoms with Crippen molar-refractivity contribution in [2.24, 2.45) is 0 Å². The Morgan fingerprint density at radius 3 is 2.69 bits per heavy atom. The Bertz CT molecular complexity index is 401. The number of alkyl halides is 2. The highest BCUT2D eigenvalue weighted by Gasteiger charge is 2.22. The van der Waals surface area contributed by atoms with Crippen molar-refractivity contribution >= 4 is 28.5 Å². The minimum atomic E-state index is -2.88. The predicted molar refractivity (Wildman–Crippen MR) is 66.9 cm³/mol. The lowest BCUT2D eigenvalue weighted by molar-refractivity contribution is 0.0221. The van der Waals surface area contributed by atoms with Crippen molar-refractivity contribution in [3.05, 3.63) is 32.9 Å². The number of carbonyl (C=O) groups is 1. The molecule has 0 saturated heterocycles. The zero-order valence-electron chi connectivity index (χ0n) is 8.98. The molecule has 2 nitrogen and oxygen atoms in total. The highest BCUT2D eigenvalue weighted by Crippen LogP contribution is 2.15. The fourth-order valence-electron chi connectivity index (χ4n) is 1.14. The average molecular weight is 339 g/mol. The van der Waals surface area contributed by atoms with Gasteiger partial charge in [0.05, 0.1) is 12.1 Å². The second kappa shape index (κ2) is 5.07. The van der Waals surface area contributed by atoms with E-state index < -0.39 is 18.4 Å². The SMILES string of the molecule is Cc1ccc(I)c(C(=O)NCC(C)(F)F)c1. The smallest absolute Gasteiger partial charge is 0.262 e. The molecule has 5 heteroatoms. The van der Waals surface area contributed by atoms with Gasteiger partial charge in [-0.25, -0.2) is 8.78 Å². The van der Waals surface area contributed by atoms with Gasteiger partial charge in [-0.1, -0.05) is 11.6 Å². The van der Waals surface area contributed by atoms with Crippen LogP contribution in [0.4, 0.5) is 8.78 Å². The zero-order chi connectivity index (χ0) is 12.3. The maximum Gasteiger partial charge on any atom is 0.262 e. The van der Waals surface area contributed by atoms with Gasteiger partial charge in [-0.3, -0.25) is 4.79 Å². The minimum absolute atomic E-state index is 0.435. The molecule has 0 bridgehead atoms. The summed E-state index contributed by atoms with van der Waals surface area (Å²) in [5.74, 6) is -3.35. The monoisotopic (exact) mass is 339 g/mol. The van der Waals surface area contributed by atoms with Gasteiger partial charge in [-0.15, -0.1) is 0 Å². The standard InChI is InChI=1S/C11H12F2INO/c1-7-3-4-9(14)8(5-7)10(16)15-6-11(2,12)13/h3-5H,6H2,1-2H3,(H,15,16). The van der Waals surface area contributed by atoms with Gasteiger partial charge in [0.25, 0.3) is 11.8 Å². The number of hydrogen-bond donors (Lipinski definition) is 1. The molecule has 0 aliphatic heterocycles. The summed E-state index contributed by atoms with van der Waals surface area (Å²) < 4.78 is 25.9. The number of rotatable bonds is 3. The molecule has 16 heavy (non-hydrogen) atoms. The lowest BCUT2D eigenvalue weighted by Gasteiger charge is -2.12. The second-order valence-corrected chi connectivity index (χ2v) is 4.90. The van der Waals surface area contributed by atoms with Gasteiger partial charge in [0.15, 0.2) is 0 Å². The third kappa shape index (κ3) is 4.03. The van der Waals surface area contributed by atoms with Crippen molar-refractivity contribution in [2.45, 2.75) is 19.8 Å². The van der Waals surface area contributed by atoms with Crippen molar-refractivity contribution < 1.29 is 13.6 Å². The van der Waals surface area contributed by atoms with Crippen LogP contribution in [0, 0.1) is 10.5 Å². The first-order valence-corrected chi connectivity index (χ1v) is 5.79. The van der Waals surface area contributed by atoms with Gasteiger partial charge < -0.3 is 5.32 Å². The van der Waals surface area contributed by atoms with Gasteiger partial charge in [0.2, 0.25) is 0 Å². The van der Waals surface area contributed by atoms with E-state index in [4.69, 9.17) is 0 Å². The molecule has 1 N–H and O–H groups in total. The van der Waals surface area contributed by atoms with Crippen LogP contribution >= 0.6 is 22.6 Å². The second-order valence-electron chi connectivity index (χ2n) is 3.74. The quantitative estimate of drug-likeness (QED) is 0.843. The Labute approximate surface area is 107 Å². The molecule has 0 aliphatic rings. The summed E-state index contributed by atoms with van der Waals surface area (Å²) >= 11 is 2.00. The minimum Gasteiger partial charge on any atom is -0.346 e. The van der Waals surface area contributed by atoms with Crippen LogP contribution in [0.5, 0.6) is 0 Å². The number of aryl methyl sites for hydroxylation is 1. The van der Waals surface area contributed by atoms with Crippen molar-refractivity contribution in [1.29, 1.82) is 0 Å². The van der Waals surface area contributed by atoms with Crippen LogP contribution < -0.4 is 5.32 Å². The predicted octanol–water partition coefficient (Wildman–Crippen LogP) is 2.98. The van der Waals surface area contributed by atoms with Crippen LogP contribution in [0.2, 0.25) is 0 Å². The summed E-state index contributed by atoms with van der Waals surface area (Å²) in [4.78, 5) is 11.6. The lowest BCUT2D eigenvalue weighted by Crippen LogP contribution is -2.34. The van der Waals surface area contributed by atoms with E-state index in [0.717, 1.165) is 16.1 Å². The zero-order valence-corrected chi connectivity index (χ0v) is 11.1. The third-order valence-electron chi connectivity index (χ3n) is 1.93. The number of amides is 1. The fraction of sp³-hybridized carbons (Fsp3) is 0.364. The first kappa shape index (κ1) is 13.3. The van der Waals surface area contributed by atoms with Crippen molar-refractivity contribution in [3.63, 3.8) is 0 Å². The van der Waals surface area contributed by atoms with E-state index >= 15 is 0 Å². The molecule has 1 rings (SSSR count). The van der Waals surface area contributed by atoms with Crippen LogP contribution in [0.15, 0.2) is 18.2 Å². The molecule has 0 spiro atoms. The summed E-state index contributed by atoms with van der Waals surface area (Å²) in [5.41, 5.74) is 1.36. The van der Waals surface area contributed by atoms with E-state index in [1.807, 2.05) is 35.6 Å². The molecule has 1 amide bonds. The van der Waals surface area contributed by atoms with E-state index in [9.17, 15) is 13.6 Å². The highest BCUT2D eigenvalue weighted by atomic mass is 127. The number of hydrogen-bond acceptors (Lipinski definition) is 1. The van der Waals surface area contributed by atoms with Crippen LogP contribution in [0.1, 0.15) is 22.8 Å². The van der Waals surface area contributed by atoms with E-state index in [1.54, 1.807) is 12.1 Å². The van der Waals surface area contributed by atoms with E-state index in [1.165, 1.54) is 0 Å². The average Bonchev–Trinajstić information content (AvgIpc) is 2.17. The highest BCUT2D eigenvalue weighted by molar-refractivity contribution is 14.1. The molecule has 1 aromatic carbocycles. The Kier molecular flexibility index (Phi) is 4.23. The molecule has 88 valence electrons. The molecule has 0 aromatic heterocycles. The molecule has 0 heterocycles. The van der Waals surface area contributed by atoms with E-state index in [2.05, 4.69) is 5.32 Å². The summed E-state index contributed by atoms with van der Waals surface area (Å²) in [6, 6.07) is 5.34. The maximum absolute atomic E-state index is 12.6. The molecule has 0 fully saturated rings. The lowest BCUT2D eigenvalue weighted by atomic mass is 10.1. The topological polar surface area (TPSA) is 29.1 Å². The summed E-state index contributed by atoms with van der Waals surface area (Å²) in [5, 5.41) is 2.21. The van der Waals surface area contributed by atoms with Crippen molar-refractivity contribution in [1.82, 2.24) is 5.32 Å². The number of carbonyl (C=O) groups excluding carboxylic acids is 1. The normalized spacial score (nSPS) is 11.3. The van der Waals surface area contributed by atoms with E-state index in [-0.39, 0.29) is 0 Å². The van der Waals surface area contributed by atoms with Crippen molar-refractivity contribution in [3.8, 4) is 0 Å². The Morgan fingerprint density at radius 2 is 2.12 bits per heavy atom. The Hall–Kier alpha value is -0.720. The third-order valence-corrected chi connectivity index (χ3v) is 2.87. The van der Waals surface area contributed by atoms with Gasteiger partial charge >= 0.3 is 0 Å². The largest absolute Gasteiger partial charge is 0.346 e. The molecule has 0 radical (unpaired) electrons. The molecule has 0 saturated carbocycles. The van der Waals surface area contributed by atoms with Crippen molar-refractivity contribution in [2.75, 3.05) is 6.54 Å². The number of benzene rings is 1. The van der Waals surface area contributed by atoms with E-state index in [0.29, 0.717) is 5.56 Å². The van der Waals surface area contributed by atoms with Crippen LogP contribution in [0.3, 0.4) is 0 Å². The molecule has 0 unspecified atom stereocenters. The van der Waals surface area contributed by atoms with Gasteiger partial charge in [-0.05, 0) is 41.6 Å². The summed E-state index contributed by atoms with van der Waals surface area (Å²) in [7, 11) is 0. The molecule has 0 atom stereocenters. The summed E-state index contributed by atoms with van der Waals surface area (Å²) in [6.45, 7) is 1.98. The van der Waals surface area contributed by atoms with Crippen LogP contribution in [0.25, 0.3) is 0 Å². The fourth-order valence-corrected chi connectivity index (χ4v) is 1.72. The van der Waals surface area contributed by atoms with Gasteiger partial charge in [0, 0.05) is 10.5 Å². The molecule has 1 aromatic rings. The van der Waals surface area contributed by atoms with Crippen LogP contribution in [-0.4, -0.2) is 18.4 Å². The molecular weight excluding hydrogens is 327 g/mol. The van der Waals surface area contributed by atoms with Crippen LogP contribution in [-0.2, 0) is 0 Å². The number of nitrogens with one attached hydrogen (secondary N) is 1. The van der Waals surface area contributed by atoms with Gasteiger partial charge in [-0.2, -0.15) is 0 Å². The Balaban J connectivity index is 2.77. The summed E-state index contributed by atoms with van der Waals surface area (Å²) in [6.07, 6.45) is 0. The maximum atomic E-state index is 12.6.